The number of H-pyrrole nitrogens is 2. The molecule has 1 amide bonds. The number of fused-ring (bicyclic) bond motifs is 2. The van der Waals surface area contributed by atoms with Gasteiger partial charge in [0.25, 0.3) is 5.56 Å². The molecule has 2 aromatic carbocycles. The summed E-state index contributed by atoms with van der Waals surface area (Å²) in [5, 5.41) is 3.68. The average molecular weight is 349 g/mol. The van der Waals surface area contributed by atoms with Crippen molar-refractivity contribution in [3.05, 3.63) is 75.0 Å². The quantitative estimate of drug-likeness (QED) is 0.526. The van der Waals surface area contributed by atoms with Crippen molar-refractivity contribution in [3.63, 3.8) is 0 Å². The van der Waals surface area contributed by atoms with Gasteiger partial charge in [-0.15, -0.1) is 0 Å². The van der Waals surface area contributed by atoms with E-state index in [1.54, 1.807) is 18.2 Å². The number of aromatic amines is 2. The van der Waals surface area contributed by atoms with Gasteiger partial charge in [-0.05, 0) is 42.1 Å². The van der Waals surface area contributed by atoms with Crippen LogP contribution in [0.1, 0.15) is 12.0 Å². The summed E-state index contributed by atoms with van der Waals surface area (Å²) in [6.45, 7) is 0. The van der Waals surface area contributed by atoms with Crippen LogP contribution in [0.25, 0.3) is 22.0 Å². The van der Waals surface area contributed by atoms with Crippen molar-refractivity contribution in [2.75, 3.05) is 5.32 Å². The minimum atomic E-state index is -0.543. The molecular formula is C19H15N3O4. The summed E-state index contributed by atoms with van der Waals surface area (Å²) in [6.07, 6.45) is 0.498. The molecule has 4 rings (SSSR count). The smallest absolute Gasteiger partial charge is 0.408 e. The zero-order valence-electron chi connectivity index (χ0n) is 13.7. The van der Waals surface area contributed by atoms with Crippen LogP contribution in [0.5, 0.6) is 0 Å². The predicted octanol–water partition coefficient (Wildman–Crippen LogP) is 2.53. The summed E-state index contributed by atoms with van der Waals surface area (Å²) in [5.74, 6) is -0.762. The highest BCUT2D eigenvalue weighted by atomic mass is 16.4. The number of aryl methyl sites for hydroxylation is 1. The monoisotopic (exact) mass is 349 g/mol. The van der Waals surface area contributed by atoms with E-state index in [1.165, 1.54) is 0 Å². The van der Waals surface area contributed by atoms with Crippen LogP contribution in [-0.2, 0) is 11.2 Å². The molecule has 130 valence electrons. The molecule has 0 saturated heterocycles. The van der Waals surface area contributed by atoms with Crippen molar-refractivity contribution in [1.82, 2.24) is 9.97 Å². The Morgan fingerprint density at radius 1 is 1.00 bits per heavy atom. The van der Waals surface area contributed by atoms with Crippen LogP contribution in [0.2, 0.25) is 0 Å². The largest absolute Gasteiger partial charge is 0.417 e. The molecule has 3 N–H and O–H groups in total. The summed E-state index contributed by atoms with van der Waals surface area (Å²) in [4.78, 5) is 40.8. The fourth-order valence-electron chi connectivity index (χ4n) is 2.88. The second kappa shape index (κ2) is 6.36. The topological polar surface area (TPSA) is 108 Å². The average Bonchev–Trinajstić information content (AvgIpc) is 2.99. The molecule has 0 radical (unpaired) electrons. The van der Waals surface area contributed by atoms with Gasteiger partial charge in [-0.3, -0.25) is 14.6 Å². The van der Waals surface area contributed by atoms with E-state index in [1.807, 2.05) is 30.3 Å². The van der Waals surface area contributed by atoms with Crippen LogP contribution in [-0.4, -0.2) is 15.9 Å². The first-order valence-electron chi connectivity index (χ1n) is 8.12. The Morgan fingerprint density at radius 3 is 2.73 bits per heavy atom. The van der Waals surface area contributed by atoms with E-state index >= 15 is 0 Å². The Kier molecular flexibility index (Phi) is 3.89. The fraction of sp³-hybridized carbons (Fsp3) is 0.105. The SMILES string of the molecule is O=C(CCc1cc2ccccc2[nH]c1=O)Nc1ccc2oc(=O)[nH]c2c1. The Bertz CT molecular complexity index is 1230. The van der Waals surface area contributed by atoms with E-state index in [0.29, 0.717) is 28.8 Å². The lowest BCUT2D eigenvalue weighted by Gasteiger charge is -2.06. The number of pyridine rings is 1. The van der Waals surface area contributed by atoms with Crippen molar-refractivity contribution in [3.8, 4) is 0 Å². The Balaban J connectivity index is 1.47. The predicted molar refractivity (Wildman–Crippen MR) is 98.4 cm³/mol. The van der Waals surface area contributed by atoms with Crippen LogP contribution in [0.4, 0.5) is 5.69 Å². The molecule has 4 aromatic rings. The van der Waals surface area contributed by atoms with E-state index in [-0.39, 0.29) is 17.9 Å². The van der Waals surface area contributed by atoms with Crippen molar-refractivity contribution in [1.29, 1.82) is 0 Å². The second-order valence-electron chi connectivity index (χ2n) is 5.98. The van der Waals surface area contributed by atoms with Crippen LogP contribution < -0.4 is 16.6 Å². The number of hydrogen-bond donors (Lipinski definition) is 3. The van der Waals surface area contributed by atoms with E-state index in [0.717, 1.165) is 10.9 Å². The molecule has 0 atom stereocenters. The number of hydrogen-bond acceptors (Lipinski definition) is 4. The molecule has 26 heavy (non-hydrogen) atoms. The van der Waals surface area contributed by atoms with E-state index in [4.69, 9.17) is 4.42 Å². The molecule has 0 aliphatic heterocycles. The third-order valence-electron chi connectivity index (χ3n) is 4.15. The maximum atomic E-state index is 12.2. The summed E-state index contributed by atoms with van der Waals surface area (Å²) in [5.41, 5.74) is 2.64. The number of para-hydroxylation sites is 1. The minimum Gasteiger partial charge on any atom is -0.408 e. The molecule has 0 aliphatic carbocycles. The first-order chi connectivity index (χ1) is 12.6. The molecule has 0 saturated carbocycles. The van der Waals surface area contributed by atoms with Gasteiger partial charge in [0, 0.05) is 23.2 Å². The maximum Gasteiger partial charge on any atom is 0.417 e. The summed E-state index contributed by atoms with van der Waals surface area (Å²) < 4.78 is 4.92. The van der Waals surface area contributed by atoms with Crippen LogP contribution >= 0.6 is 0 Å². The summed E-state index contributed by atoms with van der Waals surface area (Å²) in [7, 11) is 0. The standard InChI is InChI=1S/C19H15N3O4/c23-17(20-13-6-7-16-15(10-13)22-19(25)26-16)8-5-12-9-11-3-1-2-4-14(11)21-18(12)24/h1-4,6-7,9-10H,5,8H2,(H,20,23)(H,21,24)(H,22,25). The maximum absolute atomic E-state index is 12.2. The lowest BCUT2D eigenvalue weighted by molar-refractivity contribution is -0.116. The number of carbonyl (C=O) groups is 1. The first-order valence-corrected chi connectivity index (χ1v) is 8.12. The number of anilines is 1. The lowest BCUT2D eigenvalue weighted by atomic mass is 10.1. The van der Waals surface area contributed by atoms with Crippen molar-refractivity contribution >= 4 is 33.6 Å². The number of nitrogens with one attached hydrogen (secondary N) is 3. The zero-order chi connectivity index (χ0) is 18.1. The van der Waals surface area contributed by atoms with Gasteiger partial charge >= 0.3 is 5.76 Å². The fourth-order valence-corrected chi connectivity index (χ4v) is 2.88. The molecule has 2 aromatic heterocycles. The van der Waals surface area contributed by atoms with E-state index in [2.05, 4.69) is 15.3 Å². The summed E-state index contributed by atoms with van der Waals surface area (Å²) in [6, 6.07) is 14.2. The number of oxazole rings is 1. The summed E-state index contributed by atoms with van der Waals surface area (Å²) >= 11 is 0. The van der Waals surface area contributed by atoms with Gasteiger partial charge in [-0.2, -0.15) is 0 Å². The second-order valence-corrected chi connectivity index (χ2v) is 5.98. The number of aromatic nitrogens is 2. The highest BCUT2D eigenvalue weighted by molar-refractivity contribution is 5.92. The van der Waals surface area contributed by atoms with E-state index in [9.17, 15) is 14.4 Å². The van der Waals surface area contributed by atoms with Crippen molar-refractivity contribution in [2.45, 2.75) is 12.8 Å². The normalized spacial score (nSPS) is 11.1. The van der Waals surface area contributed by atoms with E-state index < -0.39 is 5.76 Å². The van der Waals surface area contributed by atoms with Gasteiger partial charge in [0.2, 0.25) is 5.91 Å². The lowest BCUT2D eigenvalue weighted by Crippen LogP contribution is -2.17. The molecule has 0 unspecified atom stereocenters. The van der Waals surface area contributed by atoms with Gasteiger partial charge in [-0.1, -0.05) is 18.2 Å². The third kappa shape index (κ3) is 3.14. The van der Waals surface area contributed by atoms with Crippen LogP contribution in [0, 0.1) is 0 Å². The molecule has 7 nitrogen and oxygen atoms in total. The van der Waals surface area contributed by atoms with Crippen LogP contribution in [0.3, 0.4) is 0 Å². The Morgan fingerprint density at radius 2 is 1.85 bits per heavy atom. The highest BCUT2D eigenvalue weighted by Gasteiger charge is 2.08. The first kappa shape index (κ1) is 15.9. The minimum absolute atomic E-state index is 0.168. The molecule has 0 fully saturated rings. The molecule has 7 heteroatoms. The number of benzene rings is 2. The van der Waals surface area contributed by atoms with Gasteiger partial charge in [0.15, 0.2) is 5.58 Å². The number of rotatable bonds is 4. The highest BCUT2D eigenvalue weighted by Crippen LogP contribution is 2.17. The molecule has 0 bridgehead atoms. The Hall–Kier alpha value is -3.61. The molecule has 0 spiro atoms. The number of amides is 1. The third-order valence-corrected chi connectivity index (χ3v) is 4.15. The zero-order valence-corrected chi connectivity index (χ0v) is 13.7. The molecule has 2 heterocycles. The molecule has 0 aliphatic rings. The van der Waals surface area contributed by atoms with Gasteiger partial charge < -0.3 is 14.7 Å². The van der Waals surface area contributed by atoms with Crippen molar-refractivity contribution in [2.24, 2.45) is 0 Å². The van der Waals surface area contributed by atoms with Gasteiger partial charge in [0.05, 0.1) is 5.52 Å². The number of carbonyl (C=O) groups excluding carboxylic acids is 1. The van der Waals surface area contributed by atoms with Crippen molar-refractivity contribution < 1.29 is 9.21 Å². The van der Waals surface area contributed by atoms with Gasteiger partial charge in [0.1, 0.15) is 0 Å². The molecular weight excluding hydrogens is 334 g/mol. The van der Waals surface area contributed by atoms with Crippen LogP contribution in [0.15, 0.2) is 62.5 Å². The van der Waals surface area contributed by atoms with Gasteiger partial charge in [-0.25, -0.2) is 4.79 Å². The Labute approximate surface area is 146 Å².